The molecule has 1 N–H and O–H groups in total. The van der Waals surface area contributed by atoms with Gasteiger partial charge in [-0.2, -0.15) is 0 Å². The number of hydrogen-bond acceptors (Lipinski definition) is 2. The van der Waals surface area contributed by atoms with Crippen LogP contribution in [-0.2, 0) is 4.79 Å². The molecule has 0 saturated heterocycles. The summed E-state index contributed by atoms with van der Waals surface area (Å²) in [6, 6.07) is 10.2. The Kier molecular flexibility index (Phi) is 5.24. The van der Waals surface area contributed by atoms with Crippen LogP contribution in [0.5, 0.6) is 0 Å². The molecule has 1 aromatic rings. The standard InChI is InChI=1S/C9H10.CHNO/c1-8(2)9-6-4-3-5-7-9;2-1-3/h3-7H,1H2,2H3;2H. The van der Waals surface area contributed by atoms with Crippen molar-refractivity contribution in [1.29, 1.82) is 5.41 Å². The third-order valence-corrected chi connectivity index (χ3v) is 1.27. The van der Waals surface area contributed by atoms with Crippen LogP contribution in [0.1, 0.15) is 12.5 Å². The lowest BCUT2D eigenvalue weighted by molar-refractivity contribution is 0.563. The summed E-state index contributed by atoms with van der Waals surface area (Å²) in [5.41, 5.74) is 2.34. The van der Waals surface area contributed by atoms with E-state index in [-0.39, 0.29) is 0 Å². The van der Waals surface area contributed by atoms with Gasteiger partial charge in [0.15, 0.2) is 0 Å². The Balaban J connectivity index is 0.000000354. The van der Waals surface area contributed by atoms with Crippen LogP contribution in [0.3, 0.4) is 0 Å². The van der Waals surface area contributed by atoms with Crippen molar-refractivity contribution < 1.29 is 4.79 Å². The van der Waals surface area contributed by atoms with Gasteiger partial charge in [-0.3, -0.25) is 0 Å². The van der Waals surface area contributed by atoms with Gasteiger partial charge in [0.25, 0.3) is 0 Å². The lowest BCUT2D eigenvalue weighted by Crippen LogP contribution is -1.72. The maximum Gasteiger partial charge on any atom is 0.231 e. The molecule has 0 saturated carbocycles. The van der Waals surface area contributed by atoms with Crippen molar-refractivity contribution in [2.24, 2.45) is 0 Å². The fourth-order valence-electron chi connectivity index (χ4n) is 0.723. The second kappa shape index (κ2) is 6.08. The van der Waals surface area contributed by atoms with Crippen molar-refractivity contribution >= 4 is 11.7 Å². The first kappa shape index (κ1) is 10.3. The van der Waals surface area contributed by atoms with E-state index >= 15 is 0 Å². The minimum atomic E-state index is 0.750. The highest BCUT2D eigenvalue weighted by Gasteiger charge is 1.86. The molecule has 2 heteroatoms. The van der Waals surface area contributed by atoms with E-state index in [1.807, 2.05) is 25.1 Å². The van der Waals surface area contributed by atoms with Crippen molar-refractivity contribution in [3.8, 4) is 0 Å². The molecule has 0 spiro atoms. The van der Waals surface area contributed by atoms with E-state index in [4.69, 9.17) is 10.2 Å². The molecule has 0 bridgehead atoms. The van der Waals surface area contributed by atoms with Gasteiger partial charge in [-0.05, 0) is 12.5 Å². The van der Waals surface area contributed by atoms with Gasteiger partial charge in [0.2, 0.25) is 6.08 Å². The van der Waals surface area contributed by atoms with Crippen LogP contribution in [0.25, 0.3) is 5.57 Å². The van der Waals surface area contributed by atoms with Gasteiger partial charge in [-0.25, -0.2) is 10.2 Å². The number of isocyanates is 1. The first-order chi connectivity index (χ1) is 5.72. The van der Waals surface area contributed by atoms with E-state index in [1.165, 1.54) is 5.56 Å². The van der Waals surface area contributed by atoms with Gasteiger partial charge in [-0.15, -0.1) is 0 Å². The van der Waals surface area contributed by atoms with Crippen LogP contribution >= 0.6 is 0 Å². The molecule has 12 heavy (non-hydrogen) atoms. The van der Waals surface area contributed by atoms with E-state index < -0.39 is 0 Å². The highest BCUT2D eigenvalue weighted by molar-refractivity contribution is 5.60. The summed E-state index contributed by atoms with van der Waals surface area (Å²) in [6.07, 6.45) is 0.750. The van der Waals surface area contributed by atoms with E-state index in [9.17, 15) is 0 Å². The zero-order valence-corrected chi connectivity index (χ0v) is 7.00. The van der Waals surface area contributed by atoms with Crippen LogP contribution in [0, 0.1) is 5.41 Å². The molecule has 0 aliphatic rings. The minimum Gasteiger partial charge on any atom is -0.222 e. The average Bonchev–Trinajstić information content (AvgIpc) is 2.07. The number of rotatable bonds is 1. The maximum absolute atomic E-state index is 8.35. The second-order valence-corrected chi connectivity index (χ2v) is 2.25. The Morgan fingerprint density at radius 1 is 1.42 bits per heavy atom. The van der Waals surface area contributed by atoms with E-state index in [0.717, 1.165) is 11.7 Å². The largest absolute Gasteiger partial charge is 0.231 e. The maximum atomic E-state index is 8.35. The van der Waals surface area contributed by atoms with Crippen molar-refractivity contribution in [3.05, 3.63) is 42.5 Å². The quantitative estimate of drug-likeness (QED) is 0.499. The van der Waals surface area contributed by atoms with Crippen molar-refractivity contribution in [3.63, 3.8) is 0 Å². The molecule has 1 rings (SSSR count). The summed E-state index contributed by atoms with van der Waals surface area (Å²) in [4.78, 5) is 8.35. The lowest BCUT2D eigenvalue weighted by Gasteiger charge is -1.94. The van der Waals surface area contributed by atoms with E-state index in [0.29, 0.717) is 0 Å². The fourth-order valence-corrected chi connectivity index (χ4v) is 0.723. The third-order valence-electron chi connectivity index (χ3n) is 1.27. The normalized spacial score (nSPS) is 7.42. The highest BCUT2D eigenvalue weighted by Crippen LogP contribution is 2.08. The van der Waals surface area contributed by atoms with Gasteiger partial charge in [-0.1, -0.05) is 42.5 Å². The molecule has 0 aliphatic heterocycles. The van der Waals surface area contributed by atoms with Crippen molar-refractivity contribution in [2.45, 2.75) is 6.92 Å². The molecule has 0 aliphatic carbocycles. The summed E-state index contributed by atoms with van der Waals surface area (Å²) in [6.45, 7) is 5.83. The summed E-state index contributed by atoms with van der Waals surface area (Å²) in [5, 5.41) is 5.40. The number of carbonyl (C=O) groups excluding carboxylic acids is 1. The smallest absolute Gasteiger partial charge is 0.222 e. The molecule has 0 unspecified atom stereocenters. The molecule has 0 amide bonds. The topological polar surface area (TPSA) is 40.9 Å². The molecule has 0 radical (unpaired) electrons. The first-order valence-corrected chi connectivity index (χ1v) is 3.47. The summed E-state index contributed by atoms with van der Waals surface area (Å²) >= 11 is 0. The van der Waals surface area contributed by atoms with Gasteiger partial charge >= 0.3 is 0 Å². The molecule has 62 valence electrons. The number of benzene rings is 1. The number of allylic oxidation sites excluding steroid dienone is 1. The molecule has 2 nitrogen and oxygen atoms in total. The minimum absolute atomic E-state index is 0.750. The van der Waals surface area contributed by atoms with E-state index in [2.05, 4.69) is 18.7 Å². The van der Waals surface area contributed by atoms with Gasteiger partial charge in [0.05, 0.1) is 0 Å². The molecular weight excluding hydrogens is 150 g/mol. The van der Waals surface area contributed by atoms with Crippen LogP contribution in [0.4, 0.5) is 0 Å². The van der Waals surface area contributed by atoms with Crippen LogP contribution in [-0.4, -0.2) is 6.08 Å². The first-order valence-electron chi connectivity index (χ1n) is 3.47. The van der Waals surface area contributed by atoms with Gasteiger partial charge in [0, 0.05) is 0 Å². The second-order valence-electron chi connectivity index (χ2n) is 2.25. The Morgan fingerprint density at radius 2 is 1.83 bits per heavy atom. The number of nitrogens with one attached hydrogen (secondary N) is 1. The van der Waals surface area contributed by atoms with Gasteiger partial charge < -0.3 is 0 Å². The fraction of sp³-hybridized carbons (Fsp3) is 0.100. The molecule has 0 heterocycles. The Bertz CT molecular complexity index is 271. The summed E-state index contributed by atoms with van der Waals surface area (Å²) in [7, 11) is 0. The van der Waals surface area contributed by atoms with Gasteiger partial charge in [0.1, 0.15) is 0 Å². The lowest BCUT2D eigenvalue weighted by atomic mass is 10.1. The predicted octanol–water partition coefficient (Wildman–Crippen LogP) is 2.62. The monoisotopic (exact) mass is 161 g/mol. The van der Waals surface area contributed by atoms with Crippen LogP contribution in [0.2, 0.25) is 0 Å². The zero-order valence-electron chi connectivity index (χ0n) is 7.00. The summed E-state index contributed by atoms with van der Waals surface area (Å²) < 4.78 is 0. The van der Waals surface area contributed by atoms with Crippen LogP contribution < -0.4 is 0 Å². The van der Waals surface area contributed by atoms with Crippen molar-refractivity contribution in [1.82, 2.24) is 0 Å². The highest BCUT2D eigenvalue weighted by atomic mass is 16.1. The molecule has 1 aromatic carbocycles. The Labute approximate surface area is 72.1 Å². The Hall–Kier alpha value is -1.66. The third kappa shape index (κ3) is 4.20. The average molecular weight is 161 g/mol. The molecule has 0 fully saturated rings. The van der Waals surface area contributed by atoms with E-state index in [1.54, 1.807) is 0 Å². The zero-order chi connectivity index (χ0) is 9.40. The molecular formula is C10H11NO. The predicted molar refractivity (Wildman–Crippen MR) is 49.6 cm³/mol. The SMILES string of the molecule is C=C(C)c1ccccc1.N=C=O. The van der Waals surface area contributed by atoms with Crippen LogP contribution in [0.15, 0.2) is 36.9 Å². The molecule has 0 aromatic heterocycles. The Morgan fingerprint density at radius 3 is 2.08 bits per heavy atom. The number of hydrogen-bond donors (Lipinski definition) is 1. The summed E-state index contributed by atoms with van der Waals surface area (Å²) in [5.74, 6) is 0. The van der Waals surface area contributed by atoms with Crippen molar-refractivity contribution in [2.75, 3.05) is 0 Å². The molecule has 0 atom stereocenters.